The van der Waals surface area contributed by atoms with Crippen molar-refractivity contribution in [2.45, 2.75) is 6.92 Å². The molecule has 2 N–H and O–H groups in total. The first-order chi connectivity index (χ1) is 8.61. The highest BCUT2D eigenvalue weighted by Crippen LogP contribution is 2.08. The molecule has 0 aliphatic rings. The van der Waals surface area contributed by atoms with Crippen LogP contribution in [0.5, 0.6) is 0 Å². The van der Waals surface area contributed by atoms with E-state index in [4.69, 9.17) is 5.26 Å². The number of carbonyl (C=O) groups is 2. The summed E-state index contributed by atoms with van der Waals surface area (Å²) in [6.07, 6.45) is 0. The van der Waals surface area contributed by atoms with E-state index >= 15 is 0 Å². The van der Waals surface area contributed by atoms with Crippen molar-refractivity contribution >= 4 is 17.7 Å². The van der Waals surface area contributed by atoms with E-state index in [9.17, 15) is 9.59 Å². The molecular weight excluding hydrogens is 234 g/mol. The Hall–Kier alpha value is -2.55. The van der Waals surface area contributed by atoms with Gasteiger partial charge >= 0.3 is 12.0 Å². The SMILES string of the molecule is CC(=O)OCCNC(=O)Nc1ccc(C#N)cc1. The maximum absolute atomic E-state index is 11.4. The van der Waals surface area contributed by atoms with E-state index in [0.29, 0.717) is 11.3 Å². The van der Waals surface area contributed by atoms with Crippen LogP contribution in [0.15, 0.2) is 24.3 Å². The fraction of sp³-hybridized carbons (Fsp3) is 0.250. The Labute approximate surface area is 105 Å². The van der Waals surface area contributed by atoms with Gasteiger partial charge in [0.05, 0.1) is 18.2 Å². The van der Waals surface area contributed by atoms with Crippen molar-refractivity contribution in [2.75, 3.05) is 18.5 Å². The first-order valence-electron chi connectivity index (χ1n) is 5.30. The van der Waals surface area contributed by atoms with Crippen LogP contribution in [-0.4, -0.2) is 25.2 Å². The van der Waals surface area contributed by atoms with Gasteiger partial charge in [-0.05, 0) is 24.3 Å². The number of hydrogen-bond acceptors (Lipinski definition) is 4. The molecular formula is C12H13N3O3. The van der Waals surface area contributed by atoms with Gasteiger partial charge in [0, 0.05) is 12.6 Å². The third-order valence-corrected chi connectivity index (χ3v) is 1.96. The summed E-state index contributed by atoms with van der Waals surface area (Å²) in [6, 6.07) is 8.06. The zero-order valence-electron chi connectivity index (χ0n) is 9.90. The number of amides is 2. The van der Waals surface area contributed by atoms with Gasteiger partial charge in [0.1, 0.15) is 6.61 Å². The van der Waals surface area contributed by atoms with Crippen molar-refractivity contribution in [3.8, 4) is 6.07 Å². The Morgan fingerprint density at radius 2 is 2.00 bits per heavy atom. The van der Waals surface area contributed by atoms with Crippen LogP contribution in [0.4, 0.5) is 10.5 Å². The highest BCUT2D eigenvalue weighted by atomic mass is 16.5. The van der Waals surface area contributed by atoms with Crippen LogP contribution in [0.2, 0.25) is 0 Å². The normalized spacial score (nSPS) is 9.11. The summed E-state index contributed by atoms with van der Waals surface area (Å²) in [7, 11) is 0. The van der Waals surface area contributed by atoms with E-state index < -0.39 is 6.03 Å². The maximum Gasteiger partial charge on any atom is 0.319 e. The third-order valence-electron chi connectivity index (χ3n) is 1.96. The molecule has 0 atom stereocenters. The lowest BCUT2D eigenvalue weighted by Gasteiger charge is -2.07. The van der Waals surface area contributed by atoms with E-state index in [1.54, 1.807) is 24.3 Å². The first kappa shape index (κ1) is 13.5. The highest BCUT2D eigenvalue weighted by molar-refractivity contribution is 5.89. The van der Waals surface area contributed by atoms with Crippen molar-refractivity contribution in [1.29, 1.82) is 5.26 Å². The summed E-state index contributed by atoms with van der Waals surface area (Å²) in [6.45, 7) is 1.68. The average molecular weight is 247 g/mol. The molecule has 0 aliphatic heterocycles. The molecule has 1 rings (SSSR count). The molecule has 6 nitrogen and oxygen atoms in total. The van der Waals surface area contributed by atoms with Crippen molar-refractivity contribution in [3.63, 3.8) is 0 Å². The average Bonchev–Trinajstić information content (AvgIpc) is 2.35. The Bertz CT molecular complexity index is 462. The molecule has 0 unspecified atom stereocenters. The number of esters is 1. The van der Waals surface area contributed by atoms with E-state index in [0.717, 1.165) is 0 Å². The van der Waals surface area contributed by atoms with Crippen molar-refractivity contribution in [3.05, 3.63) is 29.8 Å². The lowest BCUT2D eigenvalue weighted by Crippen LogP contribution is -2.31. The van der Waals surface area contributed by atoms with Crippen LogP contribution >= 0.6 is 0 Å². The number of rotatable bonds is 4. The molecule has 0 spiro atoms. The highest BCUT2D eigenvalue weighted by Gasteiger charge is 2.01. The summed E-state index contributed by atoms with van der Waals surface area (Å²) < 4.78 is 4.66. The van der Waals surface area contributed by atoms with Crippen LogP contribution in [0.25, 0.3) is 0 Å². The number of benzene rings is 1. The number of anilines is 1. The number of urea groups is 1. The van der Waals surface area contributed by atoms with Crippen LogP contribution in [-0.2, 0) is 9.53 Å². The summed E-state index contributed by atoms with van der Waals surface area (Å²) in [4.78, 5) is 21.8. The van der Waals surface area contributed by atoms with Gasteiger partial charge in [-0.15, -0.1) is 0 Å². The Morgan fingerprint density at radius 3 is 2.56 bits per heavy atom. The lowest BCUT2D eigenvalue weighted by molar-refractivity contribution is -0.140. The molecule has 0 fully saturated rings. The number of carbonyl (C=O) groups excluding carboxylic acids is 2. The van der Waals surface area contributed by atoms with E-state index in [-0.39, 0.29) is 19.1 Å². The largest absolute Gasteiger partial charge is 0.464 e. The van der Waals surface area contributed by atoms with Crippen LogP contribution < -0.4 is 10.6 Å². The topological polar surface area (TPSA) is 91.2 Å². The molecule has 0 saturated heterocycles. The Morgan fingerprint density at radius 1 is 1.33 bits per heavy atom. The summed E-state index contributed by atoms with van der Waals surface area (Å²) in [5.41, 5.74) is 1.11. The second-order valence-electron chi connectivity index (χ2n) is 3.41. The molecule has 18 heavy (non-hydrogen) atoms. The quantitative estimate of drug-likeness (QED) is 0.618. The van der Waals surface area contributed by atoms with Crippen LogP contribution in [0.1, 0.15) is 12.5 Å². The molecule has 0 bridgehead atoms. The second kappa shape index (κ2) is 6.91. The van der Waals surface area contributed by atoms with Gasteiger partial charge in [-0.3, -0.25) is 4.79 Å². The van der Waals surface area contributed by atoms with Gasteiger partial charge in [-0.2, -0.15) is 5.26 Å². The predicted octanol–water partition coefficient (Wildman–Crippen LogP) is 1.24. The standard InChI is InChI=1S/C12H13N3O3/c1-9(16)18-7-6-14-12(17)15-11-4-2-10(8-13)3-5-11/h2-5H,6-7H2,1H3,(H2,14,15,17). The maximum atomic E-state index is 11.4. The van der Waals surface area contributed by atoms with Crippen LogP contribution in [0.3, 0.4) is 0 Å². The van der Waals surface area contributed by atoms with Crippen molar-refractivity contribution in [1.82, 2.24) is 5.32 Å². The van der Waals surface area contributed by atoms with Gasteiger partial charge in [-0.1, -0.05) is 0 Å². The van der Waals surface area contributed by atoms with Gasteiger partial charge in [0.2, 0.25) is 0 Å². The summed E-state index contributed by atoms with van der Waals surface area (Å²) in [5.74, 6) is -0.385. The number of nitriles is 1. The number of hydrogen-bond donors (Lipinski definition) is 2. The van der Waals surface area contributed by atoms with Gasteiger partial charge in [0.15, 0.2) is 0 Å². The smallest absolute Gasteiger partial charge is 0.319 e. The molecule has 0 aromatic heterocycles. The zero-order valence-corrected chi connectivity index (χ0v) is 9.90. The summed E-state index contributed by atoms with van der Waals surface area (Å²) in [5, 5.41) is 13.7. The fourth-order valence-corrected chi connectivity index (χ4v) is 1.16. The minimum atomic E-state index is -0.396. The van der Waals surface area contributed by atoms with Crippen molar-refractivity contribution in [2.24, 2.45) is 0 Å². The molecule has 1 aromatic rings. The number of nitrogens with zero attached hydrogens (tertiary/aromatic N) is 1. The Balaban J connectivity index is 2.31. The van der Waals surface area contributed by atoms with E-state index in [1.165, 1.54) is 6.92 Å². The number of ether oxygens (including phenoxy) is 1. The molecule has 0 aliphatic carbocycles. The van der Waals surface area contributed by atoms with Gasteiger partial charge in [0.25, 0.3) is 0 Å². The van der Waals surface area contributed by atoms with E-state index in [1.807, 2.05) is 6.07 Å². The molecule has 0 radical (unpaired) electrons. The molecule has 94 valence electrons. The minimum absolute atomic E-state index is 0.135. The predicted molar refractivity (Wildman–Crippen MR) is 64.8 cm³/mol. The Kier molecular flexibility index (Phi) is 5.19. The molecule has 1 aromatic carbocycles. The zero-order chi connectivity index (χ0) is 13.4. The van der Waals surface area contributed by atoms with Gasteiger partial charge in [-0.25, -0.2) is 4.79 Å². The number of nitrogens with one attached hydrogen (secondary N) is 2. The van der Waals surface area contributed by atoms with Crippen molar-refractivity contribution < 1.29 is 14.3 Å². The fourth-order valence-electron chi connectivity index (χ4n) is 1.16. The molecule has 0 heterocycles. The minimum Gasteiger partial charge on any atom is -0.464 e. The monoisotopic (exact) mass is 247 g/mol. The third kappa shape index (κ3) is 4.99. The van der Waals surface area contributed by atoms with Crippen LogP contribution in [0, 0.1) is 11.3 Å². The lowest BCUT2D eigenvalue weighted by atomic mass is 10.2. The molecule has 2 amide bonds. The second-order valence-corrected chi connectivity index (χ2v) is 3.41. The molecule has 0 saturated carbocycles. The molecule has 6 heteroatoms. The first-order valence-corrected chi connectivity index (χ1v) is 5.30. The summed E-state index contributed by atoms with van der Waals surface area (Å²) >= 11 is 0. The van der Waals surface area contributed by atoms with E-state index in [2.05, 4.69) is 15.4 Å². The van der Waals surface area contributed by atoms with Gasteiger partial charge < -0.3 is 15.4 Å².